The van der Waals surface area contributed by atoms with Gasteiger partial charge in [0, 0.05) is 0 Å². The Morgan fingerprint density at radius 3 is 1.50 bits per heavy atom. The molecule has 0 aliphatic heterocycles. The fourth-order valence-electron chi connectivity index (χ4n) is 0.856. The number of hydrogen-bond acceptors (Lipinski definition) is 4. The molecule has 6 nitrogen and oxygen atoms in total. The fourth-order valence-corrected chi connectivity index (χ4v) is 0.856. The van der Waals surface area contributed by atoms with E-state index >= 15 is 0 Å². The van der Waals surface area contributed by atoms with Crippen LogP contribution in [-0.4, -0.2) is 44.6 Å². The maximum absolute atomic E-state index is 10.5. The lowest BCUT2D eigenvalue weighted by molar-refractivity contribution is 0.0183. The Labute approximate surface area is 104 Å². The third kappa shape index (κ3) is 5.97. The predicted molar refractivity (Wildman–Crippen MR) is 63.7 cm³/mol. The van der Waals surface area contributed by atoms with Gasteiger partial charge in [-0.2, -0.15) is 0 Å². The van der Waals surface area contributed by atoms with Gasteiger partial charge in [-0.3, -0.25) is 0 Å². The van der Waals surface area contributed by atoms with Crippen LogP contribution in [-0.2, 0) is 0 Å². The molecule has 0 amide bonds. The first kappa shape index (κ1) is 16.1. The van der Waals surface area contributed by atoms with E-state index in [9.17, 15) is 9.59 Å². The summed E-state index contributed by atoms with van der Waals surface area (Å²) in [7, 11) is 0. The lowest BCUT2D eigenvalue weighted by atomic mass is 10.1. The second-order valence-electron chi connectivity index (χ2n) is 4.13. The number of hydrogen-bond donors (Lipinski definition) is 4. The fraction of sp³-hybridized carbons (Fsp3) is 0.333. The molecule has 0 fully saturated rings. The molecule has 1 aromatic carbocycles. The molecule has 0 aliphatic rings. The second kappa shape index (κ2) is 6.73. The van der Waals surface area contributed by atoms with Gasteiger partial charge in [0.2, 0.25) is 0 Å². The van der Waals surface area contributed by atoms with Gasteiger partial charge in [0.25, 0.3) is 0 Å². The number of aliphatic hydroxyl groups excluding tert-OH is 1. The van der Waals surface area contributed by atoms with Crippen LogP contribution in [0, 0.1) is 0 Å². The van der Waals surface area contributed by atoms with Gasteiger partial charge in [0.05, 0.1) is 23.3 Å². The Kier molecular flexibility index (Phi) is 6.01. The van der Waals surface area contributed by atoms with E-state index in [1.165, 1.54) is 24.3 Å². The van der Waals surface area contributed by atoms with E-state index in [1.807, 2.05) is 0 Å². The number of aromatic carboxylic acids is 2. The molecule has 0 spiro atoms. The predicted octanol–water partition coefficient (Wildman–Crippen LogP) is 0.833. The van der Waals surface area contributed by atoms with Crippen molar-refractivity contribution in [2.24, 2.45) is 0 Å². The first-order valence-corrected chi connectivity index (χ1v) is 5.08. The highest BCUT2D eigenvalue weighted by atomic mass is 16.4. The van der Waals surface area contributed by atoms with Crippen LogP contribution in [0.1, 0.15) is 34.6 Å². The number of carboxylic acids is 2. The normalized spacial score (nSPS) is 10.2. The molecular weight excluding hydrogens is 240 g/mol. The van der Waals surface area contributed by atoms with Gasteiger partial charge in [-0.15, -0.1) is 0 Å². The summed E-state index contributed by atoms with van der Waals surface area (Å²) >= 11 is 0. The van der Waals surface area contributed by atoms with Crippen molar-refractivity contribution in [1.29, 1.82) is 0 Å². The topological polar surface area (TPSA) is 115 Å². The lowest BCUT2D eigenvalue weighted by Gasteiger charge is -2.10. The molecule has 0 radical (unpaired) electrons. The minimum Gasteiger partial charge on any atom is -0.478 e. The molecule has 18 heavy (non-hydrogen) atoms. The number of carbonyl (C=O) groups is 2. The first-order valence-electron chi connectivity index (χ1n) is 5.08. The third-order valence-electron chi connectivity index (χ3n) is 1.77. The molecule has 1 rings (SSSR count). The zero-order valence-corrected chi connectivity index (χ0v) is 10.1. The van der Waals surface area contributed by atoms with Gasteiger partial charge in [0.15, 0.2) is 0 Å². The van der Waals surface area contributed by atoms with Crippen molar-refractivity contribution in [3.63, 3.8) is 0 Å². The minimum atomic E-state index is -1.23. The molecule has 0 aromatic heterocycles. The third-order valence-corrected chi connectivity index (χ3v) is 1.77. The Balaban J connectivity index is 0.000000411. The Morgan fingerprint density at radius 2 is 1.33 bits per heavy atom. The minimum absolute atomic E-state index is 0.174. The van der Waals surface area contributed by atoms with Crippen LogP contribution in [0.5, 0.6) is 0 Å². The average Bonchev–Trinajstić information content (AvgIpc) is 2.28. The van der Waals surface area contributed by atoms with E-state index in [4.69, 9.17) is 20.4 Å². The van der Waals surface area contributed by atoms with E-state index in [-0.39, 0.29) is 17.7 Å². The molecule has 6 heteroatoms. The Morgan fingerprint density at radius 1 is 1.06 bits per heavy atom. The number of aliphatic hydroxyl groups is 2. The van der Waals surface area contributed by atoms with Crippen LogP contribution in [0.3, 0.4) is 0 Å². The summed E-state index contributed by atoms with van der Waals surface area (Å²) in [6, 6.07) is 5.48. The van der Waals surface area contributed by atoms with Crippen molar-refractivity contribution in [3.8, 4) is 0 Å². The smallest absolute Gasteiger partial charge is 0.336 e. The lowest BCUT2D eigenvalue weighted by Crippen LogP contribution is -2.23. The molecule has 0 heterocycles. The SMILES string of the molecule is CC(C)(O)CO.O=C(O)c1ccccc1C(=O)O. The van der Waals surface area contributed by atoms with Crippen LogP contribution < -0.4 is 0 Å². The number of carboxylic acid groups (broad SMARTS) is 2. The molecule has 0 saturated heterocycles. The standard InChI is InChI=1S/C8H6O4.C4H10O2/c9-7(10)5-3-1-2-4-6(5)8(11)12;1-4(2,6)3-5/h1-4H,(H,9,10)(H,11,12);5-6H,3H2,1-2H3. The van der Waals surface area contributed by atoms with Gasteiger partial charge in [-0.05, 0) is 26.0 Å². The van der Waals surface area contributed by atoms with Crippen LogP contribution >= 0.6 is 0 Å². The molecule has 0 bridgehead atoms. The zero-order chi connectivity index (χ0) is 14.3. The quantitative estimate of drug-likeness (QED) is 0.636. The molecule has 1 aromatic rings. The van der Waals surface area contributed by atoms with E-state index in [2.05, 4.69) is 0 Å². The summed E-state index contributed by atoms with van der Waals surface area (Å²) < 4.78 is 0. The Bertz CT molecular complexity index is 386. The first-order chi connectivity index (χ1) is 8.19. The number of benzene rings is 1. The summed E-state index contributed by atoms with van der Waals surface area (Å²) in [4.78, 5) is 20.9. The van der Waals surface area contributed by atoms with E-state index in [0.717, 1.165) is 0 Å². The summed E-state index contributed by atoms with van der Waals surface area (Å²) in [5.41, 5.74) is -1.28. The molecule has 0 saturated carbocycles. The van der Waals surface area contributed by atoms with Gasteiger partial charge < -0.3 is 20.4 Å². The molecular formula is C12H16O6. The zero-order valence-electron chi connectivity index (χ0n) is 10.1. The van der Waals surface area contributed by atoms with Gasteiger partial charge in [-0.25, -0.2) is 9.59 Å². The van der Waals surface area contributed by atoms with E-state index in [0.29, 0.717) is 0 Å². The van der Waals surface area contributed by atoms with E-state index in [1.54, 1.807) is 13.8 Å². The van der Waals surface area contributed by atoms with Crippen molar-refractivity contribution in [2.45, 2.75) is 19.4 Å². The largest absolute Gasteiger partial charge is 0.478 e. The van der Waals surface area contributed by atoms with Crippen molar-refractivity contribution in [2.75, 3.05) is 6.61 Å². The van der Waals surface area contributed by atoms with Crippen molar-refractivity contribution >= 4 is 11.9 Å². The average molecular weight is 256 g/mol. The number of rotatable bonds is 3. The van der Waals surface area contributed by atoms with Crippen molar-refractivity contribution in [3.05, 3.63) is 35.4 Å². The maximum Gasteiger partial charge on any atom is 0.336 e. The van der Waals surface area contributed by atoms with Crippen LogP contribution in [0.2, 0.25) is 0 Å². The van der Waals surface area contributed by atoms with E-state index < -0.39 is 17.5 Å². The Hall–Kier alpha value is -1.92. The van der Waals surface area contributed by atoms with Crippen LogP contribution in [0.4, 0.5) is 0 Å². The highest BCUT2D eigenvalue weighted by Gasteiger charge is 2.13. The molecule has 0 atom stereocenters. The van der Waals surface area contributed by atoms with Crippen LogP contribution in [0.15, 0.2) is 24.3 Å². The summed E-state index contributed by atoms with van der Waals surface area (Å²) in [6.07, 6.45) is 0. The van der Waals surface area contributed by atoms with Gasteiger partial charge in [0.1, 0.15) is 0 Å². The second-order valence-corrected chi connectivity index (χ2v) is 4.13. The van der Waals surface area contributed by atoms with Crippen molar-refractivity contribution in [1.82, 2.24) is 0 Å². The molecule has 0 aliphatic carbocycles. The summed E-state index contributed by atoms with van der Waals surface area (Å²) in [5, 5.41) is 33.8. The molecule has 100 valence electrons. The summed E-state index contributed by atoms with van der Waals surface area (Å²) in [6.45, 7) is 2.92. The maximum atomic E-state index is 10.5. The highest BCUT2D eigenvalue weighted by molar-refractivity contribution is 6.01. The van der Waals surface area contributed by atoms with Gasteiger partial charge >= 0.3 is 11.9 Å². The summed E-state index contributed by atoms with van der Waals surface area (Å²) in [5.74, 6) is -2.46. The van der Waals surface area contributed by atoms with Crippen molar-refractivity contribution < 1.29 is 30.0 Å². The van der Waals surface area contributed by atoms with Crippen LogP contribution in [0.25, 0.3) is 0 Å². The molecule has 0 unspecified atom stereocenters. The molecule has 4 N–H and O–H groups in total. The highest BCUT2D eigenvalue weighted by Crippen LogP contribution is 2.07. The monoisotopic (exact) mass is 256 g/mol. The van der Waals surface area contributed by atoms with Gasteiger partial charge in [-0.1, -0.05) is 12.1 Å².